The van der Waals surface area contributed by atoms with Gasteiger partial charge in [-0.05, 0) is 30.2 Å². The monoisotopic (exact) mass is 210 g/mol. The Morgan fingerprint density at radius 3 is 2.86 bits per heavy atom. The van der Waals surface area contributed by atoms with Gasteiger partial charge in [0.1, 0.15) is 5.75 Å². The van der Waals surface area contributed by atoms with Gasteiger partial charge in [-0.15, -0.1) is 0 Å². The molecule has 0 N–H and O–H groups in total. The topological polar surface area (TPSA) is 9.23 Å². The van der Waals surface area contributed by atoms with Gasteiger partial charge < -0.3 is 4.74 Å². The highest BCUT2D eigenvalue weighted by atomic mass is 35.5. The van der Waals surface area contributed by atoms with Gasteiger partial charge in [0.2, 0.25) is 0 Å². The van der Waals surface area contributed by atoms with Crippen LogP contribution in [0.1, 0.15) is 25.3 Å². The van der Waals surface area contributed by atoms with Gasteiger partial charge in [0.25, 0.3) is 0 Å². The Morgan fingerprint density at radius 1 is 1.43 bits per heavy atom. The standard InChI is InChI=1S/C12H15ClO/c1-3-5-6-14-12-8-10(4-2)7-11(13)9-12/h4,7-9H,2-3,5-6H2,1H3. The van der Waals surface area contributed by atoms with Gasteiger partial charge in [-0.2, -0.15) is 0 Å². The molecule has 0 atom stereocenters. The molecule has 0 unspecified atom stereocenters. The summed E-state index contributed by atoms with van der Waals surface area (Å²) in [7, 11) is 0. The molecule has 0 spiro atoms. The van der Waals surface area contributed by atoms with E-state index in [0.717, 1.165) is 30.8 Å². The molecular weight excluding hydrogens is 196 g/mol. The van der Waals surface area contributed by atoms with Crippen LogP contribution in [0.4, 0.5) is 0 Å². The smallest absolute Gasteiger partial charge is 0.121 e. The first kappa shape index (κ1) is 11.1. The lowest BCUT2D eigenvalue weighted by molar-refractivity contribution is 0.309. The molecular formula is C12H15ClO. The molecule has 1 aromatic rings. The maximum atomic E-state index is 5.91. The fourth-order valence-electron chi connectivity index (χ4n) is 1.12. The van der Waals surface area contributed by atoms with E-state index in [4.69, 9.17) is 16.3 Å². The van der Waals surface area contributed by atoms with Crippen LogP contribution < -0.4 is 4.74 Å². The number of ether oxygens (including phenoxy) is 1. The highest BCUT2D eigenvalue weighted by Crippen LogP contribution is 2.21. The van der Waals surface area contributed by atoms with Crippen molar-refractivity contribution < 1.29 is 4.74 Å². The minimum Gasteiger partial charge on any atom is -0.494 e. The second-order valence-electron chi connectivity index (χ2n) is 3.13. The first-order valence-electron chi connectivity index (χ1n) is 4.82. The number of rotatable bonds is 5. The van der Waals surface area contributed by atoms with Gasteiger partial charge in [-0.25, -0.2) is 0 Å². The lowest BCUT2D eigenvalue weighted by Crippen LogP contribution is -1.96. The van der Waals surface area contributed by atoms with Gasteiger partial charge >= 0.3 is 0 Å². The summed E-state index contributed by atoms with van der Waals surface area (Å²) in [5.74, 6) is 0.820. The maximum Gasteiger partial charge on any atom is 0.121 e. The van der Waals surface area contributed by atoms with Crippen LogP contribution in [0, 0.1) is 0 Å². The van der Waals surface area contributed by atoms with E-state index in [1.165, 1.54) is 0 Å². The van der Waals surface area contributed by atoms with Crippen molar-refractivity contribution in [3.63, 3.8) is 0 Å². The lowest BCUT2D eigenvalue weighted by Gasteiger charge is -2.06. The van der Waals surface area contributed by atoms with Crippen LogP contribution in [0.25, 0.3) is 6.08 Å². The van der Waals surface area contributed by atoms with Gasteiger partial charge in [0, 0.05) is 5.02 Å². The van der Waals surface area contributed by atoms with Crippen LogP contribution in [0.15, 0.2) is 24.8 Å². The molecule has 0 aromatic heterocycles. The molecule has 0 fully saturated rings. The molecule has 1 rings (SSSR count). The Morgan fingerprint density at radius 2 is 2.21 bits per heavy atom. The molecule has 1 aromatic carbocycles. The molecule has 0 amide bonds. The molecule has 2 heteroatoms. The maximum absolute atomic E-state index is 5.91. The largest absolute Gasteiger partial charge is 0.494 e. The van der Waals surface area contributed by atoms with E-state index in [1.54, 1.807) is 6.08 Å². The highest BCUT2D eigenvalue weighted by molar-refractivity contribution is 6.30. The Hall–Kier alpha value is -0.950. The summed E-state index contributed by atoms with van der Waals surface area (Å²) in [4.78, 5) is 0. The quantitative estimate of drug-likeness (QED) is 0.663. The zero-order chi connectivity index (χ0) is 10.4. The third-order valence-corrected chi connectivity index (χ3v) is 2.11. The van der Waals surface area contributed by atoms with E-state index in [-0.39, 0.29) is 0 Å². The molecule has 14 heavy (non-hydrogen) atoms. The third kappa shape index (κ3) is 3.43. The molecule has 0 aliphatic rings. The van der Waals surface area contributed by atoms with E-state index in [0.29, 0.717) is 5.02 Å². The molecule has 0 saturated heterocycles. The Bertz CT molecular complexity index is 307. The van der Waals surface area contributed by atoms with Gasteiger partial charge in [0.05, 0.1) is 6.61 Å². The Balaban J connectivity index is 2.66. The van der Waals surface area contributed by atoms with Gasteiger partial charge in [-0.1, -0.05) is 37.6 Å². The van der Waals surface area contributed by atoms with Crippen LogP contribution in [0.2, 0.25) is 5.02 Å². The van der Waals surface area contributed by atoms with Crippen LogP contribution in [-0.4, -0.2) is 6.61 Å². The summed E-state index contributed by atoms with van der Waals surface area (Å²) in [5, 5.41) is 0.689. The van der Waals surface area contributed by atoms with Crippen molar-refractivity contribution in [1.82, 2.24) is 0 Å². The summed E-state index contributed by atoms with van der Waals surface area (Å²) in [6, 6.07) is 5.62. The summed E-state index contributed by atoms with van der Waals surface area (Å²) in [5.41, 5.74) is 0.990. The molecule has 0 bridgehead atoms. The van der Waals surface area contributed by atoms with Crippen molar-refractivity contribution in [3.05, 3.63) is 35.4 Å². The second-order valence-corrected chi connectivity index (χ2v) is 3.56. The third-order valence-electron chi connectivity index (χ3n) is 1.90. The summed E-state index contributed by atoms with van der Waals surface area (Å²) >= 11 is 5.91. The van der Waals surface area contributed by atoms with Crippen molar-refractivity contribution in [3.8, 4) is 5.75 Å². The second kappa shape index (κ2) is 5.71. The first-order chi connectivity index (χ1) is 6.76. The predicted octanol–water partition coefficient (Wildman–Crippen LogP) is 4.16. The summed E-state index contributed by atoms with van der Waals surface area (Å²) < 4.78 is 5.54. The average molecular weight is 211 g/mol. The first-order valence-corrected chi connectivity index (χ1v) is 5.20. The fourth-order valence-corrected chi connectivity index (χ4v) is 1.35. The minimum absolute atomic E-state index is 0.689. The zero-order valence-corrected chi connectivity index (χ0v) is 9.18. The average Bonchev–Trinajstić information content (AvgIpc) is 2.17. The van der Waals surface area contributed by atoms with Crippen LogP contribution in [0.3, 0.4) is 0 Å². The van der Waals surface area contributed by atoms with Gasteiger partial charge in [0.15, 0.2) is 0 Å². The zero-order valence-electron chi connectivity index (χ0n) is 8.42. The summed E-state index contributed by atoms with van der Waals surface area (Å²) in [6.45, 7) is 6.57. The van der Waals surface area contributed by atoms with E-state index in [9.17, 15) is 0 Å². The fraction of sp³-hybridized carbons (Fsp3) is 0.333. The molecule has 0 heterocycles. The van der Waals surface area contributed by atoms with Crippen molar-refractivity contribution in [1.29, 1.82) is 0 Å². The molecule has 0 aliphatic heterocycles. The predicted molar refractivity (Wildman–Crippen MR) is 61.9 cm³/mol. The minimum atomic E-state index is 0.689. The molecule has 0 radical (unpaired) electrons. The Kier molecular flexibility index (Phi) is 4.54. The number of halogens is 1. The van der Waals surface area contributed by atoms with Crippen LogP contribution in [-0.2, 0) is 0 Å². The van der Waals surface area contributed by atoms with E-state index in [1.807, 2.05) is 18.2 Å². The molecule has 0 aliphatic carbocycles. The van der Waals surface area contributed by atoms with E-state index in [2.05, 4.69) is 13.5 Å². The normalized spacial score (nSPS) is 9.86. The van der Waals surface area contributed by atoms with Gasteiger partial charge in [-0.3, -0.25) is 0 Å². The molecule has 76 valence electrons. The molecule has 0 saturated carbocycles. The number of benzene rings is 1. The van der Waals surface area contributed by atoms with Crippen LogP contribution in [0.5, 0.6) is 5.75 Å². The SMILES string of the molecule is C=Cc1cc(Cl)cc(OCCCC)c1. The highest BCUT2D eigenvalue weighted by Gasteiger charge is 1.97. The number of unbranched alkanes of at least 4 members (excludes halogenated alkanes) is 1. The van der Waals surface area contributed by atoms with Crippen molar-refractivity contribution in [2.75, 3.05) is 6.61 Å². The van der Waals surface area contributed by atoms with Crippen LogP contribution >= 0.6 is 11.6 Å². The summed E-state index contributed by atoms with van der Waals surface area (Å²) in [6.07, 6.45) is 3.96. The van der Waals surface area contributed by atoms with Crippen molar-refractivity contribution in [2.24, 2.45) is 0 Å². The number of hydrogen-bond donors (Lipinski definition) is 0. The van der Waals surface area contributed by atoms with Crippen molar-refractivity contribution in [2.45, 2.75) is 19.8 Å². The van der Waals surface area contributed by atoms with E-state index < -0.39 is 0 Å². The van der Waals surface area contributed by atoms with E-state index >= 15 is 0 Å². The molecule has 1 nitrogen and oxygen atoms in total. The van der Waals surface area contributed by atoms with Crippen molar-refractivity contribution >= 4 is 17.7 Å². The lowest BCUT2D eigenvalue weighted by atomic mass is 10.2. The number of hydrogen-bond acceptors (Lipinski definition) is 1. The Labute approximate surface area is 90.3 Å².